The zero-order chi connectivity index (χ0) is 25.6. The number of hydrogen-bond acceptors (Lipinski definition) is 6. The van der Waals surface area contributed by atoms with Gasteiger partial charge in [-0.25, -0.2) is 0 Å². The van der Waals surface area contributed by atoms with E-state index < -0.39 is 11.9 Å². The van der Waals surface area contributed by atoms with Crippen LogP contribution in [0.5, 0.6) is 17.2 Å². The summed E-state index contributed by atoms with van der Waals surface area (Å²) in [6, 6.07) is 14.7. The van der Waals surface area contributed by atoms with Gasteiger partial charge in [0.25, 0.3) is 5.91 Å². The predicted octanol–water partition coefficient (Wildman–Crippen LogP) is 5.61. The van der Waals surface area contributed by atoms with E-state index in [9.17, 15) is 14.7 Å². The van der Waals surface area contributed by atoms with Gasteiger partial charge in [0.05, 0.1) is 30.7 Å². The van der Waals surface area contributed by atoms with Gasteiger partial charge in [-0.3, -0.25) is 9.59 Å². The van der Waals surface area contributed by atoms with Gasteiger partial charge in [-0.2, -0.15) is 0 Å². The molecule has 0 spiro atoms. The first-order valence-electron chi connectivity index (χ1n) is 11.5. The minimum Gasteiger partial charge on any atom is -0.504 e. The van der Waals surface area contributed by atoms with Crippen LogP contribution < -0.4 is 14.9 Å². The number of rotatable bonds is 6. The summed E-state index contributed by atoms with van der Waals surface area (Å²) in [6.45, 7) is 4.18. The van der Waals surface area contributed by atoms with Crippen LogP contribution in [0.4, 0.5) is 0 Å². The van der Waals surface area contributed by atoms with Crippen molar-refractivity contribution in [3.05, 3.63) is 97.9 Å². The topological polar surface area (TPSA) is 89.2 Å². The van der Waals surface area contributed by atoms with E-state index in [0.29, 0.717) is 33.9 Å². The largest absolute Gasteiger partial charge is 0.504 e. The van der Waals surface area contributed by atoms with Gasteiger partial charge in [0, 0.05) is 11.6 Å². The number of benzene rings is 3. The predicted molar refractivity (Wildman–Crippen MR) is 136 cm³/mol. The van der Waals surface area contributed by atoms with E-state index in [1.54, 1.807) is 43.2 Å². The van der Waals surface area contributed by atoms with Crippen LogP contribution in [-0.2, 0) is 6.54 Å². The Morgan fingerprint density at radius 3 is 2.53 bits per heavy atom. The molecule has 3 aromatic carbocycles. The lowest BCUT2D eigenvalue weighted by Gasteiger charge is -2.26. The molecule has 0 fully saturated rings. The van der Waals surface area contributed by atoms with Gasteiger partial charge in [0.2, 0.25) is 5.76 Å². The fraction of sp³-hybridized carbons (Fsp3) is 0.214. The fourth-order valence-corrected chi connectivity index (χ4v) is 4.71. The minimum atomic E-state index is -0.755. The van der Waals surface area contributed by atoms with E-state index in [2.05, 4.69) is 0 Å². The maximum absolute atomic E-state index is 13.8. The highest BCUT2D eigenvalue weighted by atomic mass is 35.5. The Morgan fingerprint density at radius 1 is 1.08 bits per heavy atom. The SMILES string of the molecule is CCOc1cc([C@@H]2c3c(oc4cc(C)c(Cl)cc4c3=O)C(=O)N2Cc2ccc(OC)cc2)ccc1O. The summed E-state index contributed by atoms with van der Waals surface area (Å²) in [5, 5.41) is 11.0. The lowest BCUT2D eigenvalue weighted by Crippen LogP contribution is -2.29. The summed E-state index contributed by atoms with van der Waals surface area (Å²) in [4.78, 5) is 29.1. The lowest BCUT2D eigenvalue weighted by molar-refractivity contribution is 0.0714. The monoisotopic (exact) mass is 505 g/mol. The molecule has 8 heteroatoms. The van der Waals surface area contributed by atoms with Crippen molar-refractivity contribution in [2.24, 2.45) is 0 Å². The minimum absolute atomic E-state index is 0.00114. The molecule has 1 N–H and O–H groups in total. The first kappa shape index (κ1) is 23.8. The van der Waals surface area contributed by atoms with Crippen molar-refractivity contribution in [2.75, 3.05) is 13.7 Å². The molecule has 0 bridgehead atoms. The first-order chi connectivity index (χ1) is 17.3. The van der Waals surface area contributed by atoms with E-state index in [1.807, 2.05) is 31.2 Å². The van der Waals surface area contributed by atoms with Crippen LogP contribution in [-0.4, -0.2) is 29.6 Å². The molecule has 2 heterocycles. The third-order valence-corrected chi connectivity index (χ3v) is 6.77. The second-order valence-electron chi connectivity index (χ2n) is 8.62. The first-order valence-corrected chi connectivity index (χ1v) is 11.9. The molecule has 0 saturated carbocycles. The number of fused-ring (bicyclic) bond motifs is 2. The zero-order valence-electron chi connectivity index (χ0n) is 20.0. The standard InChI is InChI=1S/C28H24ClNO6/c1-4-35-23-12-17(7-10-21(23)31)25-24-26(32)19-13-20(29)15(2)11-22(19)36-27(24)28(33)30(25)14-16-5-8-18(34-3)9-6-16/h5-13,25,31H,4,14H2,1-3H3/t25-/m1/s1. The highest BCUT2D eigenvalue weighted by Crippen LogP contribution is 2.42. The molecule has 0 saturated heterocycles. The molecule has 1 amide bonds. The Morgan fingerprint density at radius 2 is 1.83 bits per heavy atom. The molecule has 0 radical (unpaired) electrons. The summed E-state index contributed by atoms with van der Waals surface area (Å²) in [7, 11) is 1.59. The number of hydrogen-bond donors (Lipinski definition) is 1. The number of phenols is 1. The molecule has 1 aromatic heterocycles. The molecule has 4 aromatic rings. The summed E-state index contributed by atoms with van der Waals surface area (Å²) in [6.07, 6.45) is 0. The van der Waals surface area contributed by atoms with Crippen LogP contribution in [0.25, 0.3) is 11.0 Å². The Kier molecular flexibility index (Phi) is 6.10. The average molecular weight is 506 g/mol. The third kappa shape index (κ3) is 3.95. The highest BCUT2D eigenvalue weighted by Gasteiger charge is 2.43. The molecule has 0 unspecified atom stereocenters. The van der Waals surface area contributed by atoms with Crippen molar-refractivity contribution in [1.82, 2.24) is 4.90 Å². The number of carbonyl (C=O) groups excluding carboxylic acids is 1. The van der Waals surface area contributed by atoms with Crippen molar-refractivity contribution >= 4 is 28.5 Å². The molecular formula is C28H24ClNO6. The normalized spacial score (nSPS) is 14.8. The van der Waals surface area contributed by atoms with Crippen molar-refractivity contribution in [3.63, 3.8) is 0 Å². The maximum Gasteiger partial charge on any atom is 0.291 e. The number of nitrogens with zero attached hydrogens (tertiary/aromatic N) is 1. The summed E-state index contributed by atoms with van der Waals surface area (Å²) >= 11 is 6.31. The Bertz CT molecular complexity index is 1540. The van der Waals surface area contributed by atoms with Gasteiger partial charge in [-0.1, -0.05) is 29.8 Å². The molecule has 7 nitrogen and oxygen atoms in total. The summed E-state index contributed by atoms with van der Waals surface area (Å²) in [5.41, 5.74) is 2.41. The number of phenolic OH excluding ortho intramolecular Hbond substituents is 1. The van der Waals surface area contributed by atoms with Gasteiger partial charge in [-0.05, 0) is 66.9 Å². The second-order valence-corrected chi connectivity index (χ2v) is 9.02. The molecule has 36 heavy (non-hydrogen) atoms. The molecule has 5 rings (SSSR count). The van der Waals surface area contributed by atoms with Crippen LogP contribution >= 0.6 is 11.6 Å². The summed E-state index contributed by atoms with van der Waals surface area (Å²) in [5.74, 6) is 0.535. The summed E-state index contributed by atoms with van der Waals surface area (Å²) < 4.78 is 16.9. The van der Waals surface area contributed by atoms with Gasteiger partial charge in [0.1, 0.15) is 11.3 Å². The molecule has 0 aliphatic carbocycles. The number of methoxy groups -OCH3 is 1. The van der Waals surface area contributed by atoms with E-state index in [0.717, 1.165) is 11.1 Å². The van der Waals surface area contributed by atoms with Gasteiger partial charge < -0.3 is 23.9 Å². The van der Waals surface area contributed by atoms with E-state index in [4.69, 9.17) is 25.5 Å². The Labute approximate surface area is 212 Å². The molecule has 1 atom stereocenters. The molecule has 1 aliphatic rings. The number of ether oxygens (including phenoxy) is 2. The van der Waals surface area contributed by atoms with E-state index >= 15 is 0 Å². The van der Waals surface area contributed by atoms with Crippen molar-refractivity contribution in [1.29, 1.82) is 0 Å². The number of carbonyl (C=O) groups is 1. The highest BCUT2D eigenvalue weighted by molar-refractivity contribution is 6.32. The van der Waals surface area contributed by atoms with Crippen LogP contribution in [0.3, 0.4) is 0 Å². The fourth-order valence-electron chi connectivity index (χ4n) is 4.55. The van der Waals surface area contributed by atoms with Crippen molar-refractivity contribution < 1.29 is 23.8 Å². The maximum atomic E-state index is 13.8. The smallest absolute Gasteiger partial charge is 0.291 e. The number of halogens is 1. The van der Waals surface area contributed by atoms with E-state index in [1.165, 1.54) is 6.07 Å². The number of aryl methyl sites for hydroxylation is 1. The number of aromatic hydroxyl groups is 1. The van der Waals surface area contributed by atoms with Crippen LogP contribution in [0.1, 0.15) is 45.8 Å². The molecule has 1 aliphatic heterocycles. The lowest BCUT2D eigenvalue weighted by atomic mass is 9.97. The zero-order valence-corrected chi connectivity index (χ0v) is 20.8. The van der Waals surface area contributed by atoms with Gasteiger partial charge in [-0.15, -0.1) is 0 Å². The molecule has 184 valence electrons. The second kappa shape index (κ2) is 9.24. The van der Waals surface area contributed by atoms with Gasteiger partial charge in [0.15, 0.2) is 16.9 Å². The quantitative estimate of drug-likeness (QED) is 0.366. The van der Waals surface area contributed by atoms with Crippen LogP contribution in [0.15, 0.2) is 63.8 Å². The molecular weight excluding hydrogens is 482 g/mol. The third-order valence-electron chi connectivity index (χ3n) is 6.36. The Hall–Kier alpha value is -3.97. The van der Waals surface area contributed by atoms with E-state index in [-0.39, 0.29) is 34.8 Å². The van der Waals surface area contributed by atoms with Crippen LogP contribution in [0.2, 0.25) is 5.02 Å². The Balaban J connectivity index is 1.71. The van der Waals surface area contributed by atoms with Crippen LogP contribution in [0, 0.1) is 6.92 Å². The average Bonchev–Trinajstić information content (AvgIpc) is 3.14. The van der Waals surface area contributed by atoms with Crippen molar-refractivity contribution in [3.8, 4) is 17.2 Å². The van der Waals surface area contributed by atoms with Gasteiger partial charge >= 0.3 is 0 Å². The van der Waals surface area contributed by atoms with Crippen molar-refractivity contribution in [2.45, 2.75) is 26.4 Å². The number of amides is 1.